The first-order valence-electron chi connectivity index (χ1n) is 9.84. The maximum Gasteiger partial charge on any atom is 0.222 e. The molecule has 1 amide bonds. The number of carbonyl (C=O) groups excluding carboxylic acids is 1. The first-order chi connectivity index (χ1) is 12.7. The molecule has 1 aliphatic rings. The van der Waals surface area contributed by atoms with Gasteiger partial charge in [0.05, 0.1) is 0 Å². The molecular formula is C23H30N2O. The Labute approximate surface area is 157 Å². The van der Waals surface area contributed by atoms with Crippen LogP contribution in [-0.2, 0) is 24.2 Å². The van der Waals surface area contributed by atoms with Crippen LogP contribution in [0.2, 0.25) is 0 Å². The van der Waals surface area contributed by atoms with Crippen LogP contribution in [0, 0.1) is 5.92 Å². The zero-order valence-corrected chi connectivity index (χ0v) is 15.6. The van der Waals surface area contributed by atoms with Crippen molar-refractivity contribution in [2.45, 2.75) is 45.1 Å². The van der Waals surface area contributed by atoms with Crippen molar-refractivity contribution < 1.29 is 4.79 Å². The Balaban J connectivity index is 1.37. The Morgan fingerprint density at radius 1 is 0.885 bits per heavy atom. The molecule has 0 bridgehead atoms. The van der Waals surface area contributed by atoms with E-state index in [2.05, 4.69) is 59.5 Å². The molecule has 3 rings (SSSR count). The summed E-state index contributed by atoms with van der Waals surface area (Å²) in [5.74, 6) is 1.05. The van der Waals surface area contributed by atoms with E-state index >= 15 is 0 Å². The van der Waals surface area contributed by atoms with Crippen LogP contribution in [0.15, 0.2) is 54.6 Å². The van der Waals surface area contributed by atoms with Gasteiger partial charge in [-0.05, 0) is 54.7 Å². The van der Waals surface area contributed by atoms with Gasteiger partial charge in [0, 0.05) is 26.1 Å². The second-order valence-electron chi connectivity index (χ2n) is 7.37. The minimum atomic E-state index is 0.300. The maximum atomic E-state index is 12.5. The second-order valence-corrected chi connectivity index (χ2v) is 7.37. The molecular weight excluding hydrogens is 320 g/mol. The molecule has 1 aliphatic heterocycles. The number of aryl methyl sites for hydroxylation is 2. The number of nitrogens with two attached hydrogens (primary N) is 1. The van der Waals surface area contributed by atoms with Crippen molar-refractivity contribution in [3.05, 3.63) is 71.3 Å². The van der Waals surface area contributed by atoms with Crippen LogP contribution >= 0.6 is 0 Å². The highest BCUT2D eigenvalue weighted by molar-refractivity contribution is 5.76. The van der Waals surface area contributed by atoms with Gasteiger partial charge in [0.25, 0.3) is 0 Å². The molecule has 0 atom stereocenters. The Morgan fingerprint density at radius 2 is 1.50 bits per heavy atom. The molecule has 0 saturated carbocycles. The molecule has 1 heterocycles. The van der Waals surface area contributed by atoms with Gasteiger partial charge in [-0.25, -0.2) is 0 Å². The first-order valence-corrected chi connectivity index (χ1v) is 9.84. The average Bonchev–Trinajstić information content (AvgIpc) is 2.72. The van der Waals surface area contributed by atoms with Crippen molar-refractivity contribution in [3.8, 4) is 0 Å². The third-order valence-electron chi connectivity index (χ3n) is 5.54. The van der Waals surface area contributed by atoms with E-state index in [4.69, 9.17) is 5.73 Å². The largest absolute Gasteiger partial charge is 0.343 e. The van der Waals surface area contributed by atoms with Crippen molar-refractivity contribution >= 4 is 5.91 Å². The van der Waals surface area contributed by atoms with Gasteiger partial charge in [-0.15, -0.1) is 0 Å². The standard InChI is InChI=1S/C23H30N2O/c24-18-22-10-8-20(9-11-22)12-13-23(26)25-16-14-21(15-17-25)7-6-19-4-2-1-3-5-19/h1-5,8-11,21H,6-7,12-18,24H2. The number of benzene rings is 2. The highest BCUT2D eigenvalue weighted by Gasteiger charge is 2.22. The number of amides is 1. The Bertz CT molecular complexity index is 673. The van der Waals surface area contributed by atoms with Gasteiger partial charge in [-0.1, -0.05) is 54.6 Å². The predicted octanol–water partition coefficient (Wildman–Crippen LogP) is 3.95. The number of rotatable bonds is 7. The normalized spacial score (nSPS) is 15.2. The molecule has 3 heteroatoms. The fourth-order valence-corrected chi connectivity index (χ4v) is 3.74. The smallest absolute Gasteiger partial charge is 0.222 e. The van der Waals surface area contributed by atoms with Crippen molar-refractivity contribution in [2.75, 3.05) is 13.1 Å². The van der Waals surface area contributed by atoms with E-state index in [0.29, 0.717) is 18.9 Å². The SMILES string of the molecule is NCc1ccc(CCC(=O)N2CCC(CCc3ccccc3)CC2)cc1. The third kappa shape index (κ3) is 5.43. The topological polar surface area (TPSA) is 46.3 Å². The van der Waals surface area contributed by atoms with Crippen molar-refractivity contribution in [2.24, 2.45) is 11.7 Å². The first kappa shape index (κ1) is 18.7. The lowest BCUT2D eigenvalue weighted by molar-refractivity contribution is -0.132. The lowest BCUT2D eigenvalue weighted by Crippen LogP contribution is -2.38. The Kier molecular flexibility index (Phi) is 6.84. The van der Waals surface area contributed by atoms with Crippen molar-refractivity contribution in [1.29, 1.82) is 0 Å². The molecule has 1 fully saturated rings. The van der Waals surface area contributed by atoms with Crippen LogP contribution in [0.1, 0.15) is 42.4 Å². The van der Waals surface area contributed by atoms with E-state index in [1.54, 1.807) is 0 Å². The number of hydrogen-bond donors (Lipinski definition) is 1. The summed E-state index contributed by atoms with van der Waals surface area (Å²) in [4.78, 5) is 14.5. The maximum absolute atomic E-state index is 12.5. The molecule has 2 aromatic carbocycles. The van der Waals surface area contributed by atoms with Gasteiger partial charge in [0.15, 0.2) is 0 Å². The number of piperidine rings is 1. The fourth-order valence-electron chi connectivity index (χ4n) is 3.74. The highest BCUT2D eigenvalue weighted by Crippen LogP contribution is 2.23. The lowest BCUT2D eigenvalue weighted by Gasteiger charge is -2.32. The highest BCUT2D eigenvalue weighted by atomic mass is 16.2. The van der Waals surface area contributed by atoms with Gasteiger partial charge in [-0.2, -0.15) is 0 Å². The zero-order chi connectivity index (χ0) is 18.2. The van der Waals surface area contributed by atoms with Crippen molar-refractivity contribution in [1.82, 2.24) is 4.90 Å². The third-order valence-corrected chi connectivity index (χ3v) is 5.54. The zero-order valence-electron chi connectivity index (χ0n) is 15.6. The Hall–Kier alpha value is -2.13. The predicted molar refractivity (Wildman–Crippen MR) is 107 cm³/mol. The fraction of sp³-hybridized carbons (Fsp3) is 0.435. The number of hydrogen-bond acceptors (Lipinski definition) is 2. The summed E-state index contributed by atoms with van der Waals surface area (Å²) in [5.41, 5.74) is 9.40. The van der Waals surface area contributed by atoms with Gasteiger partial charge in [0.2, 0.25) is 5.91 Å². The summed E-state index contributed by atoms with van der Waals surface area (Å²) in [5, 5.41) is 0. The summed E-state index contributed by atoms with van der Waals surface area (Å²) >= 11 is 0. The summed E-state index contributed by atoms with van der Waals surface area (Å²) in [7, 11) is 0. The van der Waals surface area contributed by atoms with Gasteiger partial charge < -0.3 is 10.6 Å². The monoisotopic (exact) mass is 350 g/mol. The number of nitrogens with zero attached hydrogens (tertiary/aromatic N) is 1. The van der Waals surface area contributed by atoms with E-state index in [1.807, 2.05) is 0 Å². The van der Waals surface area contributed by atoms with Crippen LogP contribution in [0.4, 0.5) is 0 Å². The molecule has 0 aromatic heterocycles. The molecule has 3 nitrogen and oxygen atoms in total. The van der Waals surface area contributed by atoms with E-state index in [-0.39, 0.29) is 0 Å². The summed E-state index contributed by atoms with van der Waals surface area (Å²) in [6.07, 6.45) is 6.10. The minimum Gasteiger partial charge on any atom is -0.343 e. The molecule has 0 radical (unpaired) electrons. The van der Waals surface area contributed by atoms with Gasteiger partial charge in [0.1, 0.15) is 0 Å². The van der Waals surface area contributed by atoms with Crippen LogP contribution in [0.25, 0.3) is 0 Å². The Morgan fingerprint density at radius 3 is 2.15 bits per heavy atom. The van der Waals surface area contributed by atoms with Crippen LogP contribution in [0.5, 0.6) is 0 Å². The summed E-state index contributed by atoms with van der Waals surface area (Å²) in [6.45, 7) is 2.41. The molecule has 26 heavy (non-hydrogen) atoms. The van der Waals surface area contributed by atoms with Crippen LogP contribution in [0.3, 0.4) is 0 Å². The van der Waals surface area contributed by atoms with Gasteiger partial charge in [-0.3, -0.25) is 4.79 Å². The molecule has 138 valence electrons. The number of carbonyl (C=O) groups is 1. The summed E-state index contributed by atoms with van der Waals surface area (Å²) < 4.78 is 0. The second kappa shape index (κ2) is 9.54. The average molecular weight is 351 g/mol. The van der Waals surface area contributed by atoms with Gasteiger partial charge >= 0.3 is 0 Å². The lowest BCUT2D eigenvalue weighted by atomic mass is 9.90. The van der Waals surface area contributed by atoms with Crippen LogP contribution < -0.4 is 5.73 Å². The quantitative estimate of drug-likeness (QED) is 0.822. The molecule has 0 aliphatic carbocycles. The van der Waals surface area contributed by atoms with Crippen LogP contribution in [-0.4, -0.2) is 23.9 Å². The number of likely N-dealkylation sites (tertiary alicyclic amines) is 1. The molecule has 1 saturated heterocycles. The molecule has 2 aromatic rings. The van der Waals surface area contributed by atoms with E-state index in [0.717, 1.165) is 50.3 Å². The molecule has 2 N–H and O–H groups in total. The van der Waals surface area contributed by atoms with E-state index < -0.39 is 0 Å². The van der Waals surface area contributed by atoms with E-state index in [9.17, 15) is 4.79 Å². The van der Waals surface area contributed by atoms with Crippen molar-refractivity contribution in [3.63, 3.8) is 0 Å². The minimum absolute atomic E-state index is 0.300. The summed E-state index contributed by atoms with van der Waals surface area (Å²) in [6, 6.07) is 19.0. The molecule has 0 spiro atoms. The van der Waals surface area contributed by atoms with E-state index in [1.165, 1.54) is 17.5 Å². The molecule has 0 unspecified atom stereocenters.